The Bertz CT molecular complexity index is 286. The number of anilines is 1. The highest BCUT2D eigenvalue weighted by Gasteiger charge is 2.09. The van der Waals surface area contributed by atoms with E-state index in [0.717, 1.165) is 11.3 Å². The molecule has 0 saturated carbocycles. The van der Waals surface area contributed by atoms with Gasteiger partial charge in [0, 0.05) is 11.3 Å². The van der Waals surface area contributed by atoms with Gasteiger partial charge in [-0.15, -0.1) is 0 Å². The van der Waals surface area contributed by atoms with Crippen LogP contribution in [0.3, 0.4) is 0 Å². The summed E-state index contributed by atoms with van der Waals surface area (Å²) in [4.78, 5) is 0. The second-order valence-corrected chi connectivity index (χ2v) is 2.92. The van der Waals surface area contributed by atoms with Crippen molar-refractivity contribution < 1.29 is 9.84 Å². The maximum Gasteiger partial charge on any atom is 0.119 e. The summed E-state index contributed by atoms with van der Waals surface area (Å²) in [5.41, 5.74) is 7.05. The summed E-state index contributed by atoms with van der Waals surface area (Å²) >= 11 is 0. The maximum absolute atomic E-state index is 9.59. The first-order valence-corrected chi connectivity index (χ1v) is 4.30. The van der Waals surface area contributed by atoms with Crippen molar-refractivity contribution in [3.63, 3.8) is 0 Å². The standard InChI is InChI=1S/C10H15NO2/c1-3-10(12)8-6-7(13-2)4-5-9(8)11/h4-6,10,12H,3,11H2,1-2H3. The fourth-order valence-electron chi connectivity index (χ4n) is 1.19. The van der Waals surface area contributed by atoms with Crippen molar-refractivity contribution in [2.75, 3.05) is 12.8 Å². The topological polar surface area (TPSA) is 55.5 Å². The van der Waals surface area contributed by atoms with E-state index in [1.54, 1.807) is 25.3 Å². The molecule has 1 atom stereocenters. The molecule has 1 rings (SSSR count). The number of aliphatic hydroxyl groups is 1. The average molecular weight is 181 g/mol. The first-order valence-electron chi connectivity index (χ1n) is 4.30. The lowest BCUT2D eigenvalue weighted by Crippen LogP contribution is -2.01. The molecule has 1 aromatic carbocycles. The Hall–Kier alpha value is -1.22. The average Bonchev–Trinajstić information content (AvgIpc) is 2.17. The van der Waals surface area contributed by atoms with Gasteiger partial charge in [-0.1, -0.05) is 6.92 Å². The van der Waals surface area contributed by atoms with Crippen molar-refractivity contribution in [2.24, 2.45) is 0 Å². The molecule has 0 aliphatic heterocycles. The van der Waals surface area contributed by atoms with Gasteiger partial charge in [0.05, 0.1) is 13.2 Å². The van der Waals surface area contributed by atoms with E-state index < -0.39 is 6.10 Å². The summed E-state index contributed by atoms with van der Waals surface area (Å²) in [5, 5.41) is 9.59. The number of methoxy groups -OCH3 is 1. The quantitative estimate of drug-likeness (QED) is 0.698. The highest BCUT2D eigenvalue weighted by Crippen LogP contribution is 2.26. The minimum atomic E-state index is -0.505. The highest BCUT2D eigenvalue weighted by atomic mass is 16.5. The van der Waals surface area contributed by atoms with Gasteiger partial charge in [0.1, 0.15) is 5.75 Å². The van der Waals surface area contributed by atoms with Crippen molar-refractivity contribution in [2.45, 2.75) is 19.4 Å². The Morgan fingerprint density at radius 3 is 2.77 bits per heavy atom. The van der Waals surface area contributed by atoms with Crippen LogP contribution in [0.5, 0.6) is 5.75 Å². The number of nitrogen functional groups attached to an aromatic ring is 1. The molecule has 3 nitrogen and oxygen atoms in total. The summed E-state index contributed by atoms with van der Waals surface area (Å²) in [5.74, 6) is 0.719. The summed E-state index contributed by atoms with van der Waals surface area (Å²) in [6.07, 6.45) is 0.146. The van der Waals surface area contributed by atoms with Crippen molar-refractivity contribution in [3.8, 4) is 5.75 Å². The number of aliphatic hydroxyl groups excluding tert-OH is 1. The van der Waals surface area contributed by atoms with E-state index in [0.29, 0.717) is 12.1 Å². The molecule has 0 heterocycles. The third-order valence-corrected chi connectivity index (χ3v) is 2.04. The zero-order chi connectivity index (χ0) is 9.84. The molecule has 0 aromatic heterocycles. The van der Waals surface area contributed by atoms with E-state index in [4.69, 9.17) is 10.5 Å². The van der Waals surface area contributed by atoms with E-state index in [9.17, 15) is 5.11 Å². The first-order chi connectivity index (χ1) is 6.19. The van der Waals surface area contributed by atoms with Gasteiger partial charge in [-0.25, -0.2) is 0 Å². The van der Waals surface area contributed by atoms with Crippen molar-refractivity contribution in [1.82, 2.24) is 0 Å². The molecule has 0 spiro atoms. The van der Waals surface area contributed by atoms with Crippen molar-refractivity contribution >= 4 is 5.69 Å². The summed E-state index contributed by atoms with van der Waals surface area (Å²) in [6.45, 7) is 1.91. The molecule has 0 aliphatic carbocycles. The SMILES string of the molecule is CCC(O)c1cc(OC)ccc1N. The Kier molecular flexibility index (Phi) is 3.14. The maximum atomic E-state index is 9.59. The Morgan fingerprint density at radius 1 is 1.54 bits per heavy atom. The molecule has 1 unspecified atom stereocenters. The van der Waals surface area contributed by atoms with E-state index >= 15 is 0 Å². The van der Waals surface area contributed by atoms with Gasteiger partial charge in [0.2, 0.25) is 0 Å². The van der Waals surface area contributed by atoms with Crippen LogP contribution in [0.1, 0.15) is 25.0 Å². The van der Waals surface area contributed by atoms with Gasteiger partial charge in [-0.3, -0.25) is 0 Å². The zero-order valence-corrected chi connectivity index (χ0v) is 7.95. The molecule has 0 saturated heterocycles. The molecule has 0 bridgehead atoms. The fraction of sp³-hybridized carbons (Fsp3) is 0.400. The van der Waals surface area contributed by atoms with E-state index in [2.05, 4.69) is 0 Å². The molecule has 0 fully saturated rings. The third-order valence-electron chi connectivity index (χ3n) is 2.04. The number of hydrogen-bond donors (Lipinski definition) is 2. The number of hydrogen-bond acceptors (Lipinski definition) is 3. The van der Waals surface area contributed by atoms with Gasteiger partial charge >= 0.3 is 0 Å². The van der Waals surface area contributed by atoms with Crippen LogP contribution in [0.4, 0.5) is 5.69 Å². The largest absolute Gasteiger partial charge is 0.497 e. The van der Waals surface area contributed by atoms with Crippen LogP contribution in [-0.4, -0.2) is 12.2 Å². The van der Waals surface area contributed by atoms with Crippen molar-refractivity contribution in [3.05, 3.63) is 23.8 Å². The van der Waals surface area contributed by atoms with Crippen molar-refractivity contribution in [1.29, 1.82) is 0 Å². The zero-order valence-electron chi connectivity index (χ0n) is 7.95. The van der Waals surface area contributed by atoms with Gasteiger partial charge in [-0.2, -0.15) is 0 Å². The molecular formula is C10H15NO2. The minimum Gasteiger partial charge on any atom is -0.497 e. The summed E-state index contributed by atoms with van der Waals surface area (Å²) < 4.78 is 5.04. The molecule has 0 aliphatic rings. The lowest BCUT2D eigenvalue weighted by atomic mass is 10.1. The van der Waals surface area contributed by atoms with Crippen LogP contribution in [0.2, 0.25) is 0 Å². The van der Waals surface area contributed by atoms with Crippen LogP contribution in [0.25, 0.3) is 0 Å². The van der Waals surface area contributed by atoms with Crippen LogP contribution in [0.15, 0.2) is 18.2 Å². The van der Waals surface area contributed by atoms with E-state index in [1.165, 1.54) is 0 Å². The third kappa shape index (κ3) is 2.12. The van der Waals surface area contributed by atoms with Crippen LogP contribution in [-0.2, 0) is 0 Å². The molecule has 13 heavy (non-hydrogen) atoms. The Balaban J connectivity index is 3.03. The van der Waals surface area contributed by atoms with E-state index in [-0.39, 0.29) is 0 Å². The lowest BCUT2D eigenvalue weighted by molar-refractivity contribution is 0.174. The molecular weight excluding hydrogens is 166 g/mol. The molecule has 3 heteroatoms. The Labute approximate surface area is 78.1 Å². The summed E-state index contributed by atoms with van der Waals surface area (Å²) in [6, 6.07) is 5.29. The first kappa shape index (κ1) is 9.86. The van der Waals surface area contributed by atoms with Gasteiger partial charge in [0.25, 0.3) is 0 Å². The molecule has 1 aromatic rings. The monoisotopic (exact) mass is 181 g/mol. The minimum absolute atomic E-state index is 0.505. The van der Waals surface area contributed by atoms with Gasteiger partial charge in [0.15, 0.2) is 0 Å². The predicted octanol–water partition coefficient (Wildman–Crippen LogP) is 1.72. The van der Waals surface area contributed by atoms with Crippen LogP contribution < -0.4 is 10.5 Å². The Morgan fingerprint density at radius 2 is 2.23 bits per heavy atom. The second kappa shape index (κ2) is 4.14. The predicted molar refractivity (Wildman–Crippen MR) is 52.7 cm³/mol. The molecule has 3 N–H and O–H groups in total. The van der Waals surface area contributed by atoms with E-state index in [1.807, 2.05) is 6.92 Å². The number of nitrogens with two attached hydrogens (primary N) is 1. The van der Waals surface area contributed by atoms with Gasteiger partial charge in [-0.05, 0) is 24.6 Å². The van der Waals surface area contributed by atoms with Crippen LogP contribution >= 0.6 is 0 Å². The smallest absolute Gasteiger partial charge is 0.119 e. The fourth-order valence-corrected chi connectivity index (χ4v) is 1.19. The lowest BCUT2D eigenvalue weighted by Gasteiger charge is -2.12. The van der Waals surface area contributed by atoms with Crippen LogP contribution in [0, 0.1) is 0 Å². The highest BCUT2D eigenvalue weighted by molar-refractivity contribution is 5.51. The van der Waals surface area contributed by atoms with Gasteiger partial charge < -0.3 is 15.6 Å². The molecule has 0 radical (unpaired) electrons. The number of benzene rings is 1. The number of rotatable bonds is 3. The molecule has 0 amide bonds. The normalized spacial score (nSPS) is 12.5. The summed E-state index contributed by atoms with van der Waals surface area (Å²) in [7, 11) is 1.59. The number of ether oxygens (including phenoxy) is 1. The second-order valence-electron chi connectivity index (χ2n) is 2.92. The molecule has 72 valence electrons.